The molecule has 2 amide bonds. The van der Waals surface area contributed by atoms with Gasteiger partial charge in [0.25, 0.3) is 11.8 Å². The van der Waals surface area contributed by atoms with Crippen molar-refractivity contribution in [3.8, 4) is 11.5 Å². The molecule has 6 heteroatoms. The lowest BCUT2D eigenvalue weighted by Gasteiger charge is -2.00. The van der Waals surface area contributed by atoms with Gasteiger partial charge in [-0.15, -0.1) is 0 Å². The van der Waals surface area contributed by atoms with Crippen molar-refractivity contribution >= 4 is 11.8 Å². The van der Waals surface area contributed by atoms with E-state index in [0.717, 1.165) is 0 Å². The molecule has 2 rings (SSSR count). The Hall–Kier alpha value is -3.02. The van der Waals surface area contributed by atoms with Crippen LogP contribution in [0.1, 0.15) is 0 Å². The molecule has 0 spiro atoms. The van der Waals surface area contributed by atoms with Crippen LogP contribution in [0.2, 0.25) is 0 Å². The van der Waals surface area contributed by atoms with E-state index in [1.165, 1.54) is 0 Å². The first-order chi connectivity index (χ1) is 10.6. The van der Waals surface area contributed by atoms with Crippen LogP contribution in [0, 0.1) is 0 Å². The summed E-state index contributed by atoms with van der Waals surface area (Å²) in [6, 6.07) is 18.1. The highest BCUT2D eigenvalue weighted by Crippen LogP contribution is 2.07. The second kappa shape index (κ2) is 9.82. The molecule has 0 radical (unpaired) electrons. The van der Waals surface area contributed by atoms with Crippen molar-refractivity contribution < 1.29 is 19.1 Å². The van der Waals surface area contributed by atoms with Gasteiger partial charge in [0, 0.05) is 0 Å². The molecule has 2 aromatic carbocycles. The molecule has 4 N–H and O–H groups in total. The van der Waals surface area contributed by atoms with Crippen LogP contribution < -0.4 is 20.9 Å². The van der Waals surface area contributed by atoms with Gasteiger partial charge in [-0.2, -0.15) is 0 Å². The van der Waals surface area contributed by atoms with Gasteiger partial charge in [0.05, 0.1) is 0 Å². The zero-order chi connectivity index (χ0) is 16.2. The molecular formula is C16H18N2O4. The molecule has 0 aliphatic rings. The molecule has 0 saturated carbocycles. The van der Waals surface area contributed by atoms with E-state index >= 15 is 0 Å². The molecule has 0 unspecified atom stereocenters. The molecule has 0 saturated heterocycles. The zero-order valence-corrected chi connectivity index (χ0v) is 12.0. The Bertz CT molecular complexity index is 520. The molecule has 0 bridgehead atoms. The third-order valence-corrected chi connectivity index (χ3v) is 2.25. The van der Waals surface area contributed by atoms with Gasteiger partial charge < -0.3 is 20.9 Å². The predicted molar refractivity (Wildman–Crippen MR) is 82.3 cm³/mol. The van der Waals surface area contributed by atoms with E-state index in [9.17, 15) is 9.59 Å². The normalized spacial score (nSPS) is 9.09. The van der Waals surface area contributed by atoms with E-state index in [0.29, 0.717) is 11.5 Å². The highest BCUT2D eigenvalue weighted by molar-refractivity contribution is 5.75. The summed E-state index contributed by atoms with van der Waals surface area (Å²) in [4.78, 5) is 20.5. The first kappa shape index (κ1) is 17.0. The second-order valence-corrected chi connectivity index (χ2v) is 4.14. The van der Waals surface area contributed by atoms with Crippen LogP contribution in [0.15, 0.2) is 60.7 Å². The fraction of sp³-hybridized carbons (Fsp3) is 0.125. The summed E-state index contributed by atoms with van der Waals surface area (Å²) < 4.78 is 9.99. The number of carbonyl (C=O) groups excluding carboxylic acids is 2. The number of nitrogens with two attached hydrogens (primary N) is 2. The number of hydrogen-bond donors (Lipinski definition) is 2. The number of primary amides is 2. The van der Waals surface area contributed by atoms with Gasteiger partial charge in [-0.3, -0.25) is 9.59 Å². The van der Waals surface area contributed by atoms with Gasteiger partial charge in [0.1, 0.15) is 11.5 Å². The average molecular weight is 302 g/mol. The Morgan fingerprint density at radius 3 is 1.27 bits per heavy atom. The Morgan fingerprint density at radius 2 is 1.00 bits per heavy atom. The first-order valence-electron chi connectivity index (χ1n) is 6.50. The summed E-state index contributed by atoms with van der Waals surface area (Å²) in [5.74, 6) is 0.389. The standard InChI is InChI=1S/2C8H9NO2/c2*9-8(10)6-11-7-4-2-1-3-5-7/h2*1-5H,6H2,(H2,9,10). The van der Waals surface area contributed by atoms with E-state index < -0.39 is 11.8 Å². The van der Waals surface area contributed by atoms with Crippen LogP contribution in [-0.2, 0) is 9.59 Å². The van der Waals surface area contributed by atoms with Crippen LogP contribution in [0.3, 0.4) is 0 Å². The predicted octanol–water partition coefficient (Wildman–Crippen LogP) is 1.10. The molecule has 0 heterocycles. The van der Waals surface area contributed by atoms with Gasteiger partial charge in [0.15, 0.2) is 13.2 Å². The molecule has 0 aromatic heterocycles. The minimum atomic E-state index is -0.464. The fourth-order valence-corrected chi connectivity index (χ4v) is 1.34. The molecule has 0 aliphatic heterocycles. The van der Waals surface area contributed by atoms with Crippen molar-refractivity contribution in [3.05, 3.63) is 60.7 Å². The highest BCUT2D eigenvalue weighted by atomic mass is 16.5. The van der Waals surface area contributed by atoms with Gasteiger partial charge in [0.2, 0.25) is 0 Å². The fourth-order valence-electron chi connectivity index (χ4n) is 1.34. The van der Waals surface area contributed by atoms with Crippen LogP contribution in [0.4, 0.5) is 0 Å². The number of benzene rings is 2. The molecule has 116 valence electrons. The Kier molecular flexibility index (Phi) is 7.60. The van der Waals surface area contributed by atoms with Crippen LogP contribution in [0.5, 0.6) is 11.5 Å². The quantitative estimate of drug-likeness (QED) is 0.833. The maximum Gasteiger partial charge on any atom is 0.255 e. The molecule has 22 heavy (non-hydrogen) atoms. The minimum absolute atomic E-state index is 0.0655. The Morgan fingerprint density at radius 1 is 0.682 bits per heavy atom. The number of hydrogen-bond acceptors (Lipinski definition) is 4. The number of rotatable bonds is 6. The van der Waals surface area contributed by atoms with Crippen LogP contribution >= 0.6 is 0 Å². The van der Waals surface area contributed by atoms with Gasteiger partial charge in [-0.05, 0) is 24.3 Å². The monoisotopic (exact) mass is 302 g/mol. The van der Waals surface area contributed by atoms with Crippen molar-refractivity contribution in [2.45, 2.75) is 0 Å². The summed E-state index contributed by atoms with van der Waals surface area (Å²) in [7, 11) is 0. The maximum absolute atomic E-state index is 10.3. The van der Waals surface area contributed by atoms with Crippen LogP contribution in [0.25, 0.3) is 0 Å². The zero-order valence-electron chi connectivity index (χ0n) is 12.0. The summed E-state index contributed by atoms with van der Waals surface area (Å²) in [6.45, 7) is -0.131. The van der Waals surface area contributed by atoms with Gasteiger partial charge in [-0.1, -0.05) is 36.4 Å². The first-order valence-corrected chi connectivity index (χ1v) is 6.50. The lowest BCUT2D eigenvalue weighted by atomic mass is 10.3. The van der Waals surface area contributed by atoms with Crippen molar-refractivity contribution in [1.29, 1.82) is 0 Å². The lowest BCUT2D eigenvalue weighted by molar-refractivity contribution is -0.120. The third kappa shape index (κ3) is 8.21. The van der Waals surface area contributed by atoms with Gasteiger partial charge >= 0.3 is 0 Å². The number of para-hydroxylation sites is 2. The van der Waals surface area contributed by atoms with E-state index in [1.54, 1.807) is 24.3 Å². The number of ether oxygens (including phenoxy) is 2. The van der Waals surface area contributed by atoms with E-state index in [-0.39, 0.29) is 13.2 Å². The largest absolute Gasteiger partial charge is 0.484 e. The Balaban J connectivity index is 0.000000220. The smallest absolute Gasteiger partial charge is 0.255 e. The number of carbonyl (C=O) groups is 2. The highest BCUT2D eigenvalue weighted by Gasteiger charge is 1.95. The van der Waals surface area contributed by atoms with Crippen LogP contribution in [-0.4, -0.2) is 25.0 Å². The van der Waals surface area contributed by atoms with Crippen molar-refractivity contribution in [2.75, 3.05) is 13.2 Å². The summed E-state index contributed by atoms with van der Waals surface area (Å²) in [5, 5.41) is 0. The van der Waals surface area contributed by atoms with Crippen molar-refractivity contribution in [1.82, 2.24) is 0 Å². The topological polar surface area (TPSA) is 105 Å². The minimum Gasteiger partial charge on any atom is -0.484 e. The van der Waals surface area contributed by atoms with Crippen molar-refractivity contribution in [2.24, 2.45) is 11.5 Å². The Labute approximate surface area is 128 Å². The SMILES string of the molecule is NC(=O)COc1ccccc1.NC(=O)COc1ccccc1. The van der Waals surface area contributed by atoms with E-state index in [1.807, 2.05) is 36.4 Å². The maximum atomic E-state index is 10.3. The average Bonchev–Trinajstić information content (AvgIpc) is 2.53. The summed E-state index contributed by atoms with van der Waals surface area (Å²) in [6.07, 6.45) is 0. The molecule has 0 atom stereocenters. The molecular weight excluding hydrogens is 284 g/mol. The van der Waals surface area contributed by atoms with E-state index in [4.69, 9.17) is 20.9 Å². The van der Waals surface area contributed by atoms with E-state index in [2.05, 4.69) is 0 Å². The molecule has 0 fully saturated rings. The van der Waals surface area contributed by atoms with Gasteiger partial charge in [-0.25, -0.2) is 0 Å². The second-order valence-electron chi connectivity index (χ2n) is 4.14. The molecule has 6 nitrogen and oxygen atoms in total. The number of amides is 2. The summed E-state index contributed by atoms with van der Waals surface area (Å²) >= 11 is 0. The summed E-state index contributed by atoms with van der Waals surface area (Å²) in [5.41, 5.74) is 9.75. The van der Waals surface area contributed by atoms with Crippen molar-refractivity contribution in [3.63, 3.8) is 0 Å². The molecule has 2 aromatic rings. The third-order valence-electron chi connectivity index (χ3n) is 2.25. The molecule has 0 aliphatic carbocycles. The lowest BCUT2D eigenvalue weighted by Crippen LogP contribution is -2.19.